The van der Waals surface area contributed by atoms with E-state index >= 15 is 0 Å². The molecule has 2 rings (SSSR count). The van der Waals surface area contributed by atoms with Crippen molar-refractivity contribution in [3.8, 4) is 0 Å². The van der Waals surface area contributed by atoms with Gasteiger partial charge in [0.25, 0.3) is 0 Å². The lowest BCUT2D eigenvalue weighted by molar-refractivity contribution is 0.577. The first-order valence-electron chi connectivity index (χ1n) is 5.84. The van der Waals surface area contributed by atoms with Gasteiger partial charge in [0.1, 0.15) is 5.82 Å². The molecule has 3 N–H and O–H groups in total. The van der Waals surface area contributed by atoms with Crippen molar-refractivity contribution in [2.24, 2.45) is 0 Å². The fraction of sp³-hybridized carbons (Fsp3) is 0.154. The molecule has 1 aromatic heterocycles. The van der Waals surface area contributed by atoms with E-state index in [-0.39, 0.29) is 17.1 Å². The number of sulfonamides is 1. The van der Waals surface area contributed by atoms with Gasteiger partial charge in [-0.1, -0.05) is 0 Å². The highest BCUT2D eigenvalue weighted by Crippen LogP contribution is 2.16. The molecule has 1 heterocycles. The molecule has 7 heteroatoms. The molecular weight excluding hydrogens is 281 g/mol. The van der Waals surface area contributed by atoms with Crippen molar-refractivity contribution in [2.75, 3.05) is 5.73 Å². The van der Waals surface area contributed by atoms with E-state index in [0.29, 0.717) is 0 Å². The number of nitrogen functional groups attached to an aromatic ring is 1. The molecule has 0 aliphatic carbocycles. The highest BCUT2D eigenvalue weighted by Gasteiger charge is 2.15. The molecule has 0 atom stereocenters. The molecule has 20 heavy (non-hydrogen) atoms. The van der Waals surface area contributed by atoms with Gasteiger partial charge in [0, 0.05) is 24.6 Å². The first kappa shape index (κ1) is 14.4. The summed E-state index contributed by atoms with van der Waals surface area (Å²) >= 11 is 0. The zero-order valence-corrected chi connectivity index (χ0v) is 11.6. The minimum absolute atomic E-state index is 0.0606. The van der Waals surface area contributed by atoms with Gasteiger partial charge in [-0.15, -0.1) is 0 Å². The van der Waals surface area contributed by atoms with Crippen LogP contribution in [0.2, 0.25) is 0 Å². The number of nitrogens with one attached hydrogen (secondary N) is 1. The topological polar surface area (TPSA) is 85.1 Å². The maximum Gasteiger partial charge on any atom is 0.241 e. The minimum atomic E-state index is -3.81. The van der Waals surface area contributed by atoms with Crippen molar-refractivity contribution in [3.63, 3.8) is 0 Å². The number of pyridine rings is 1. The predicted octanol–water partition coefficient (Wildman–Crippen LogP) is 1.59. The van der Waals surface area contributed by atoms with Crippen LogP contribution >= 0.6 is 0 Å². The number of rotatable bonds is 4. The number of hydrogen-bond donors (Lipinski definition) is 2. The molecule has 0 saturated heterocycles. The lowest BCUT2D eigenvalue weighted by Crippen LogP contribution is -2.24. The lowest BCUT2D eigenvalue weighted by Gasteiger charge is -2.09. The smallest absolute Gasteiger partial charge is 0.241 e. The van der Waals surface area contributed by atoms with Crippen molar-refractivity contribution in [2.45, 2.75) is 18.4 Å². The van der Waals surface area contributed by atoms with Crippen LogP contribution in [0.4, 0.5) is 10.1 Å². The average Bonchev–Trinajstić information content (AvgIpc) is 2.37. The number of nitrogens with zero attached hydrogens (tertiary/aromatic N) is 1. The Morgan fingerprint density at radius 3 is 2.75 bits per heavy atom. The molecule has 0 unspecified atom stereocenters. The van der Waals surface area contributed by atoms with Crippen LogP contribution in [-0.4, -0.2) is 13.4 Å². The quantitative estimate of drug-likeness (QED) is 0.839. The third-order valence-corrected chi connectivity index (χ3v) is 4.17. The van der Waals surface area contributed by atoms with Crippen LogP contribution in [0.25, 0.3) is 0 Å². The highest BCUT2D eigenvalue weighted by molar-refractivity contribution is 7.89. The fourth-order valence-electron chi connectivity index (χ4n) is 1.70. The van der Waals surface area contributed by atoms with Gasteiger partial charge >= 0.3 is 0 Å². The summed E-state index contributed by atoms with van der Waals surface area (Å²) in [5.74, 6) is -0.689. The number of aryl methyl sites for hydroxylation is 1. The summed E-state index contributed by atoms with van der Waals surface area (Å²) in [6, 6.07) is 4.92. The Kier molecular flexibility index (Phi) is 4.01. The standard InChI is InChI=1S/C13H14FN3O2S/c1-9-7-16-3-2-10(9)8-17-20(18,19)13-5-11(14)4-12(15)6-13/h2-7,17H,8,15H2,1H3. The van der Waals surface area contributed by atoms with Gasteiger partial charge in [0.15, 0.2) is 0 Å². The SMILES string of the molecule is Cc1cnccc1CNS(=O)(=O)c1cc(N)cc(F)c1. The number of benzene rings is 1. The van der Waals surface area contributed by atoms with Crippen molar-refractivity contribution in [3.05, 3.63) is 53.6 Å². The second-order valence-electron chi connectivity index (χ2n) is 4.35. The van der Waals surface area contributed by atoms with Gasteiger partial charge in [-0.2, -0.15) is 0 Å². The van der Waals surface area contributed by atoms with Crippen LogP contribution in [0.5, 0.6) is 0 Å². The predicted molar refractivity (Wildman–Crippen MR) is 73.8 cm³/mol. The molecule has 0 aliphatic rings. The van der Waals surface area contributed by atoms with E-state index in [1.807, 2.05) is 6.92 Å². The van der Waals surface area contributed by atoms with Gasteiger partial charge in [-0.3, -0.25) is 4.98 Å². The zero-order valence-electron chi connectivity index (χ0n) is 10.8. The highest BCUT2D eigenvalue weighted by atomic mass is 32.2. The van der Waals surface area contributed by atoms with Gasteiger partial charge in [0.05, 0.1) is 4.90 Å². The fourth-order valence-corrected chi connectivity index (χ4v) is 2.77. The Labute approximate surface area is 116 Å². The van der Waals surface area contributed by atoms with E-state index in [9.17, 15) is 12.8 Å². The minimum Gasteiger partial charge on any atom is -0.399 e. The van der Waals surface area contributed by atoms with Crippen LogP contribution < -0.4 is 10.5 Å². The van der Waals surface area contributed by atoms with Crippen LogP contribution in [0.3, 0.4) is 0 Å². The van der Waals surface area contributed by atoms with E-state index in [4.69, 9.17) is 5.73 Å². The second-order valence-corrected chi connectivity index (χ2v) is 6.11. The Hall–Kier alpha value is -1.99. The van der Waals surface area contributed by atoms with E-state index in [0.717, 1.165) is 23.3 Å². The van der Waals surface area contributed by atoms with E-state index in [1.54, 1.807) is 18.5 Å². The summed E-state index contributed by atoms with van der Waals surface area (Å²) in [7, 11) is -3.81. The molecule has 0 bridgehead atoms. The average molecular weight is 295 g/mol. The normalized spacial score (nSPS) is 11.5. The maximum absolute atomic E-state index is 13.2. The molecule has 1 aromatic carbocycles. The van der Waals surface area contributed by atoms with Crippen LogP contribution in [0.15, 0.2) is 41.6 Å². The molecule has 0 amide bonds. The molecule has 5 nitrogen and oxygen atoms in total. The van der Waals surface area contributed by atoms with Gasteiger partial charge < -0.3 is 5.73 Å². The molecular formula is C13H14FN3O2S. The summed E-state index contributed by atoms with van der Waals surface area (Å²) in [5.41, 5.74) is 7.18. The molecule has 0 fully saturated rings. The van der Waals surface area contributed by atoms with Crippen LogP contribution in [0.1, 0.15) is 11.1 Å². The molecule has 0 radical (unpaired) electrons. The number of anilines is 1. The second kappa shape index (κ2) is 5.56. The van der Waals surface area contributed by atoms with Gasteiger partial charge in [-0.25, -0.2) is 17.5 Å². The molecule has 0 saturated carbocycles. The summed E-state index contributed by atoms with van der Waals surface area (Å²) in [5, 5.41) is 0. The van der Waals surface area contributed by atoms with Crippen molar-refractivity contribution in [1.82, 2.24) is 9.71 Å². The molecule has 0 spiro atoms. The molecule has 0 aliphatic heterocycles. The Morgan fingerprint density at radius 1 is 1.35 bits per heavy atom. The third-order valence-electron chi connectivity index (χ3n) is 2.79. The monoisotopic (exact) mass is 295 g/mol. The number of hydrogen-bond acceptors (Lipinski definition) is 4. The van der Waals surface area contributed by atoms with Crippen molar-refractivity contribution < 1.29 is 12.8 Å². The zero-order chi connectivity index (χ0) is 14.8. The van der Waals surface area contributed by atoms with E-state index < -0.39 is 15.8 Å². The van der Waals surface area contributed by atoms with Crippen LogP contribution in [-0.2, 0) is 16.6 Å². The first-order chi connectivity index (χ1) is 9.38. The van der Waals surface area contributed by atoms with Gasteiger partial charge in [0.2, 0.25) is 10.0 Å². The summed E-state index contributed by atoms with van der Waals surface area (Å²) in [6.07, 6.45) is 3.22. The Bertz CT molecular complexity index is 712. The maximum atomic E-state index is 13.2. The summed E-state index contributed by atoms with van der Waals surface area (Å²) in [4.78, 5) is 3.73. The molecule has 106 valence electrons. The molecule has 2 aromatic rings. The summed E-state index contributed by atoms with van der Waals surface area (Å²) < 4.78 is 39.8. The largest absolute Gasteiger partial charge is 0.399 e. The Morgan fingerprint density at radius 2 is 2.10 bits per heavy atom. The number of halogens is 1. The van der Waals surface area contributed by atoms with Gasteiger partial charge in [-0.05, 0) is 42.3 Å². The Balaban J connectivity index is 2.22. The third kappa shape index (κ3) is 3.31. The van der Waals surface area contributed by atoms with Crippen molar-refractivity contribution >= 4 is 15.7 Å². The van der Waals surface area contributed by atoms with Crippen molar-refractivity contribution in [1.29, 1.82) is 0 Å². The number of nitrogens with two attached hydrogens (primary N) is 1. The summed E-state index contributed by atoms with van der Waals surface area (Å²) in [6.45, 7) is 1.93. The van der Waals surface area contributed by atoms with E-state index in [2.05, 4.69) is 9.71 Å². The lowest BCUT2D eigenvalue weighted by atomic mass is 10.2. The van der Waals surface area contributed by atoms with Crippen LogP contribution in [0, 0.1) is 12.7 Å². The number of aromatic nitrogens is 1. The van der Waals surface area contributed by atoms with E-state index in [1.165, 1.54) is 6.07 Å². The first-order valence-corrected chi connectivity index (χ1v) is 7.32.